The van der Waals surface area contributed by atoms with E-state index in [0.29, 0.717) is 28.8 Å². The van der Waals surface area contributed by atoms with E-state index in [1.165, 1.54) is 4.57 Å². The molecule has 0 spiro atoms. The fourth-order valence-corrected chi connectivity index (χ4v) is 3.97. The zero-order valence-electron chi connectivity index (χ0n) is 12.7. The molecule has 5 nitrogen and oxygen atoms in total. The lowest BCUT2D eigenvalue weighted by molar-refractivity contribution is -0.274. The van der Waals surface area contributed by atoms with E-state index >= 15 is 0 Å². The molecule has 2 aromatic rings. The zero-order valence-corrected chi connectivity index (χ0v) is 13.5. The topological polar surface area (TPSA) is 63.8 Å². The van der Waals surface area contributed by atoms with Crippen LogP contribution in [-0.2, 0) is 11.2 Å². The summed E-state index contributed by atoms with van der Waals surface area (Å²) in [5, 5.41) is 9.47. The summed E-state index contributed by atoms with van der Waals surface area (Å²) in [6.45, 7) is -0.417. The predicted octanol–water partition coefficient (Wildman–Crippen LogP) is 3.07. The maximum absolute atomic E-state index is 12.5. The van der Waals surface area contributed by atoms with E-state index in [1.54, 1.807) is 0 Å². The van der Waals surface area contributed by atoms with Crippen LogP contribution in [0.3, 0.4) is 0 Å². The number of carbonyl (C=O) groups excluding carboxylic acids is 1. The van der Waals surface area contributed by atoms with Crippen molar-refractivity contribution in [1.82, 2.24) is 4.57 Å². The van der Waals surface area contributed by atoms with Gasteiger partial charge in [0.2, 0.25) is 0 Å². The molecule has 1 aromatic carbocycles. The van der Waals surface area contributed by atoms with Crippen molar-refractivity contribution in [3.8, 4) is 5.75 Å². The van der Waals surface area contributed by atoms with Crippen LogP contribution in [0.2, 0.25) is 0 Å². The first kappa shape index (κ1) is 18.7. The number of hydrogen-bond donors (Lipinski definition) is 1. The van der Waals surface area contributed by atoms with Gasteiger partial charge in [-0.1, -0.05) is 11.3 Å². The smallest absolute Gasteiger partial charge is 0.406 e. The van der Waals surface area contributed by atoms with Gasteiger partial charge in [0.05, 0.1) is 22.9 Å². The lowest BCUT2D eigenvalue weighted by atomic mass is 9.99. The number of nitrogens with zero attached hydrogens (tertiary/aromatic N) is 2. The van der Waals surface area contributed by atoms with Crippen molar-refractivity contribution < 1.29 is 41.0 Å². The van der Waals surface area contributed by atoms with E-state index in [2.05, 4.69) is 9.73 Å². The third-order valence-corrected chi connectivity index (χ3v) is 4.77. The molecular formula is C14H10F6N2O3S. The van der Waals surface area contributed by atoms with Crippen molar-refractivity contribution in [3.63, 3.8) is 0 Å². The molecule has 0 radical (unpaired) electrons. The van der Waals surface area contributed by atoms with Crippen molar-refractivity contribution in [1.29, 1.82) is 0 Å². The molecule has 1 aliphatic rings. The molecule has 12 heteroatoms. The van der Waals surface area contributed by atoms with E-state index in [0.717, 1.165) is 12.1 Å². The van der Waals surface area contributed by atoms with Crippen LogP contribution < -0.4 is 9.54 Å². The van der Waals surface area contributed by atoms with Gasteiger partial charge in [0.25, 0.3) is 0 Å². The van der Waals surface area contributed by atoms with Crippen LogP contribution in [-0.4, -0.2) is 34.7 Å². The Hall–Kier alpha value is -2.08. The number of benzene rings is 1. The number of aryl methyl sites for hydroxylation is 1. The predicted molar refractivity (Wildman–Crippen MR) is 77.6 cm³/mol. The number of ether oxygens (including phenoxy) is 1. The van der Waals surface area contributed by atoms with Crippen LogP contribution >= 0.6 is 11.3 Å². The third-order valence-electron chi connectivity index (χ3n) is 3.77. The van der Waals surface area contributed by atoms with Gasteiger partial charge >= 0.3 is 18.4 Å². The van der Waals surface area contributed by atoms with E-state index < -0.39 is 36.8 Å². The highest BCUT2D eigenvalue weighted by Gasteiger charge is 2.39. The Balaban J connectivity index is 2.23. The Labute approximate surface area is 145 Å². The van der Waals surface area contributed by atoms with Crippen LogP contribution in [0.15, 0.2) is 17.1 Å². The normalized spacial score (nSPS) is 18.4. The van der Waals surface area contributed by atoms with E-state index in [1.807, 2.05) is 0 Å². The Morgan fingerprint density at radius 1 is 1.31 bits per heavy atom. The van der Waals surface area contributed by atoms with Crippen molar-refractivity contribution in [2.24, 2.45) is 4.99 Å². The first-order valence-electron chi connectivity index (χ1n) is 7.20. The summed E-state index contributed by atoms with van der Waals surface area (Å²) in [7, 11) is 0. The number of aromatic nitrogens is 1. The molecule has 1 N–H and O–H groups in total. The van der Waals surface area contributed by atoms with Gasteiger partial charge in [0.1, 0.15) is 5.75 Å². The molecule has 1 amide bonds. The number of amides is 1. The molecule has 0 unspecified atom stereocenters. The second-order valence-corrected chi connectivity index (χ2v) is 6.53. The molecule has 142 valence electrons. The number of aliphatic hydroxyl groups excluding tert-OH is 1. The second kappa shape index (κ2) is 6.27. The molecule has 0 saturated heterocycles. The molecule has 1 aliphatic heterocycles. The Morgan fingerprint density at radius 3 is 2.58 bits per heavy atom. The molecule has 0 saturated carbocycles. The summed E-state index contributed by atoms with van der Waals surface area (Å²) in [5.41, 5.74) is 0.743. The average Bonchev–Trinajstić information content (AvgIpc) is 2.84. The Morgan fingerprint density at radius 2 is 2.00 bits per heavy atom. The number of rotatable bonds is 2. The number of carbonyl (C=O) groups is 1. The third kappa shape index (κ3) is 3.56. The number of aliphatic hydroxyl groups is 1. The van der Waals surface area contributed by atoms with Gasteiger partial charge in [-0.25, -0.2) is 0 Å². The first-order chi connectivity index (χ1) is 12.0. The van der Waals surface area contributed by atoms with Crippen molar-refractivity contribution in [3.05, 3.63) is 22.5 Å². The van der Waals surface area contributed by atoms with Crippen LogP contribution in [0.5, 0.6) is 5.75 Å². The van der Waals surface area contributed by atoms with Gasteiger partial charge in [-0.2, -0.15) is 18.2 Å². The van der Waals surface area contributed by atoms with Gasteiger partial charge in [-0.05, 0) is 30.5 Å². The quantitative estimate of drug-likeness (QED) is 0.789. The first-order valence-corrected chi connectivity index (χ1v) is 8.01. The van der Waals surface area contributed by atoms with Gasteiger partial charge in [-0.15, -0.1) is 13.2 Å². The van der Waals surface area contributed by atoms with Gasteiger partial charge in [0.15, 0.2) is 4.80 Å². The summed E-state index contributed by atoms with van der Waals surface area (Å²) >= 11 is 0.623. The highest BCUT2D eigenvalue weighted by molar-refractivity contribution is 7.16. The minimum Gasteiger partial charge on any atom is -0.406 e. The lowest BCUT2D eigenvalue weighted by Crippen LogP contribution is -2.30. The molecule has 0 aliphatic carbocycles. The minimum absolute atomic E-state index is 0.175. The summed E-state index contributed by atoms with van der Waals surface area (Å²) in [4.78, 5) is 13.9. The molecule has 26 heavy (non-hydrogen) atoms. The Kier molecular flexibility index (Phi) is 4.51. The monoisotopic (exact) mass is 400 g/mol. The molecule has 1 aromatic heterocycles. The maximum Gasteiger partial charge on any atom is 0.573 e. The summed E-state index contributed by atoms with van der Waals surface area (Å²) < 4.78 is 80.2. The number of halogens is 6. The molecule has 0 fully saturated rings. The standard InChI is InChI=1S/C14H10F6N2O3S/c15-13(16,17)11(24)21-12-22-7(5-23)2-1-6-3-8(25-14(18,19)20)4-9(26-12)10(6)22/h3-4,7,23H,1-2,5H2/t7-/m1/s1. The highest BCUT2D eigenvalue weighted by Crippen LogP contribution is 2.36. The van der Waals surface area contributed by atoms with E-state index in [4.69, 9.17) is 0 Å². The summed E-state index contributed by atoms with van der Waals surface area (Å²) in [6, 6.07) is 1.53. The maximum atomic E-state index is 12.5. The second-order valence-electron chi connectivity index (χ2n) is 5.52. The molecule has 3 rings (SSSR count). The minimum atomic E-state index is -5.18. The molecule has 2 heterocycles. The zero-order chi connectivity index (χ0) is 19.3. The van der Waals surface area contributed by atoms with Crippen LogP contribution in [0.4, 0.5) is 26.3 Å². The molecular weight excluding hydrogens is 390 g/mol. The largest absolute Gasteiger partial charge is 0.573 e. The fraction of sp³-hybridized carbons (Fsp3) is 0.429. The van der Waals surface area contributed by atoms with Gasteiger partial charge in [-0.3, -0.25) is 4.79 Å². The van der Waals surface area contributed by atoms with Crippen molar-refractivity contribution >= 4 is 27.5 Å². The van der Waals surface area contributed by atoms with Crippen LogP contribution in [0.25, 0.3) is 10.2 Å². The molecule has 0 bridgehead atoms. The SMILES string of the molecule is O=C(N=c1sc2cc(OC(F)(F)F)cc3c2n1[C@@H](CO)CC3)C(F)(F)F. The number of thiazole rings is 1. The van der Waals surface area contributed by atoms with Gasteiger partial charge in [0, 0.05) is 0 Å². The van der Waals surface area contributed by atoms with Gasteiger partial charge < -0.3 is 14.4 Å². The van der Waals surface area contributed by atoms with E-state index in [-0.39, 0.29) is 15.9 Å². The fourth-order valence-electron chi connectivity index (χ4n) is 2.80. The summed E-state index contributed by atoms with van der Waals surface area (Å²) in [5.74, 6) is -2.84. The van der Waals surface area contributed by atoms with Crippen molar-refractivity contribution in [2.75, 3.05) is 6.61 Å². The van der Waals surface area contributed by atoms with E-state index in [9.17, 15) is 36.2 Å². The highest BCUT2D eigenvalue weighted by atomic mass is 32.1. The molecule has 1 atom stereocenters. The summed E-state index contributed by atoms with van der Waals surface area (Å²) in [6.07, 6.45) is -9.55. The Bertz CT molecular complexity index is 928. The lowest BCUT2D eigenvalue weighted by Gasteiger charge is -2.24. The number of hydrogen-bond acceptors (Lipinski definition) is 4. The van der Waals surface area contributed by atoms with Crippen LogP contribution in [0, 0.1) is 0 Å². The average molecular weight is 400 g/mol. The van der Waals surface area contributed by atoms with Crippen LogP contribution in [0.1, 0.15) is 18.0 Å². The number of alkyl halides is 6. The van der Waals surface area contributed by atoms with Crippen molar-refractivity contribution in [2.45, 2.75) is 31.4 Å².